The topological polar surface area (TPSA) is 20.3 Å². The molecule has 1 fully saturated rings. The predicted octanol–water partition coefficient (Wildman–Crippen LogP) is 2.23. The van der Waals surface area contributed by atoms with Gasteiger partial charge in [0.05, 0.1) is 0 Å². The minimum absolute atomic E-state index is 0.0110. The van der Waals surface area contributed by atoms with E-state index in [1.54, 1.807) is 0 Å². The van der Waals surface area contributed by atoms with E-state index in [1.165, 1.54) is 0 Å². The van der Waals surface area contributed by atoms with Crippen LogP contribution in [0.5, 0.6) is 0 Å². The zero-order valence-electron chi connectivity index (χ0n) is 9.48. The van der Waals surface area contributed by atoms with E-state index in [2.05, 4.69) is 39.6 Å². The monoisotopic (exact) mass is 183 g/mol. The molecule has 1 aliphatic heterocycles. The summed E-state index contributed by atoms with van der Waals surface area (Å²) in [6, 6.07) is 0. The number of carbonyl (C=O) groups is 1. The molecule has 0 unspecified atom stereocenters. The van der Waals surface area contributed by atoms with Crippen molar-refractivity contribution in [2.75, 3.05) is 7.05 Å². The zero-order chi connectivity index (χ0) is 10.3. The Morgan fingerprint density at radius 1 is 1.15 bits per heavy atom. The van der Waals surface area contributed by atoms with Gasteiger partial charge in [-0.1, -0.05) is 0 Å². The van der Waals surface area contributed by atoms with Gasteiger partial charge in [0.25, 0.3) is 0 Å². The standard InChI is InChI=1S/C11H21NO/c1-10(2)7-6-9(13)8-11(3,4)12(10)5/h6-8H2,1-5H3. The van der Waals surface area contributed by atoms with Crippen LogP contribution in [-0.2, 0) is 4.79 Å². The molecule has 1 saturated heterocycles. The summed E-state index contributed by atoms with van der Waals surface area (Å²) >= 11 is 0. The lowest BCUT2D eigenvalue weighted by molar-refractivity contribution is -0.120. The molecule has 2 heteroatoms. The Kier molecular flexibility index (Phi) is 2.54. The SMILES string of the molecule is CN1C(C)(C)CCC(=O)CC1(C)C. The Bertz CT molecular complexity index is 218. The van der Waals surface area contributed by atoms with Gasteiger partial charge in [0.15, 0.2) is 0 Å². The Labute approximate surface area is 81.3 Å². The van der Waals surface area contributed by atoms with Crippen molar-refractivity contribution in [2.24, 2.45) is 0 Å². The smallest absolute Gasteiger partial charge is 0.134 e. The van der Waals surface area contributed by atoms with Gasteiger partial charge in [-0.25, -0.2) is 0 Å². The number of likely N-dealkylation sites (tertiary alicyclic amines) is 1. The van der Waals surface area contributed by atoms with Crippen molar-refractivity contribution in [3.63, 3.8) is 0 Å². The lowest BCUT2D eigenvalue weighted by atomic mass is 9.93. The maximum atomic E-state index is 11.5. The molecular weight excluding hydrogens is 162 g/mol. The van der Waals surface area contributed by atoms with Crippen molar-refractivity contribution in [1.29, 1.82) is 0 Å². The molecular formula is C11H21NO. The van der Waals surface area contributed by atoms with Crippen LogP contribution >= 0.6 is 0 Å². The molecule has 1 rings (SSSR count). The average molecular weight is 183 g/mol. The van der Waals surface area contributed by atoms with Gasteiger partial charge in [-0.05, 0) is 41.2 Å². The number of hydrogen-bond donors (Lipinski definition) is 0. The molecule has 0 N–H and O–H groups in total. The zero-order valence-corrected chi connectivity index (χ0v) is 9.48. The van der Waals surface area contributed by atoms with Gasteiger partial charge in [-0.2, -0.15) is 0 Å². The Balaban J connectivity index is 2.94. The van der Waals surface area contributed by atoms with Gasteiger partial charge in [0.1, 0.15) is 5.78 Å². The number of nitrogens with zero attached hydrogens (tertiary/aromatic N) is 1. The van der Waals surface area contributed by atoms with Crippen LogP contribution in [0.25, 0.3) is 0 Å². The van der Waals surface area contributed by atoms with Gasteiger partial charge in [-0.15, -0.1) is 0 Å². The van der Waals surface area contributed by atoms with Gasteiger partial charge in [0, 0.05) is 23.9 Å². The van der Waals surface area contributed by atoms with Crippen molar-refractivity contribution in [3.8, 4) is 0 Å². The van der Waals surface area contributed by atoms with E-state index in [-0.39, 0.29) is 11.1 Å². The van der Waals surface area contributed by atoms with Crippen LogP contribution in [0.1, 0.15) is 47.0 Å². The molecule has 0 amide bonds. The molecule has 0 bridgehead atoms. The van der Waals surface area contributed by atoms with Crippen LogP contribution in [0, 0.1) is 0 Å². The number of Topliss-reactive ketones (excluding diaryl/α,β-unsaturated/α-hetero) is 1. The predicted molar refractivity (Wildman–Crippen MR) is 54.8 cm³/mol. The number of carbonyl (C=O) groups excluding carboxylic acids is 1. The highest BCUT2D eigenvalue weighted by molar-refractivity contribution is 5.80. The third kappa shape index (κ3) is 2.11. The lowest BCUT2D eigenvalue weighted by Gasteiger charge is -2.44. The van der Waals surface area contributed by atoms with Crippen LogP contribution in [0.4, 0.5) is 0 Å². The highest BCUT2D eigenvalue weighted by atomic mass is 16.1. The highest BCUT2D eigenvalue weighted by Gasteiger charge is 2.39. The molecule has 13 heavy (non-hydrogen) atoms. The first-order valence-corrected chi connectivity index (χ1v) is 5.01. The largest absolute Gasteiger partial charge is 0.300 e. The average Bonchev–Trinajstić information content (AvgIpc) is 2.03. The number of ketones is 1. The third-order valence-corrected chi connectivity index (χ3v) is 3.46. The summed E-state index contributed by atoms with van der Waals surface area (Å²) in [4.78, 5) is 13.8. The van der Waals surface area contributed by atoms with E-state index in [4.69, 9.17) is 0 Å². The second kappa shape index (κ2) is 3.09. The second-order valence-electron chi connectivity index (χ2n) is 5.40. The van der Waals surface area contributed by atoms with Crippen LogP contribution < -0.4 is 0 Å². The molecule has 0 aromatic rings. The summed E-state index contributed by atoms with van der Waals surface area (Å²) in [5.74, 6) is 0.405. The first kappa shape index (κ1) is 10.7. The van der Waals surface area contributed by atoms with Crippen LogP contribution in [0.2, 0.25) is 0 Å². The quantitative estimate of drug-likeness (QED) is 0.574. The summed E-state index contributed by atoms with van der Waals surface area (Å²) in [7, 11) is 2.12. The minimum Gasteiger partial charge on any atom is -0.300 e. The Morgan fingerprint density at radius 2 is 1.69 bits per heavy atom. The number of rotatable bonds is 0. The first-order chi connectivity index (χ1) is 5.76. The van der Waals surface area contributed by atoms with E-state index in [9.17, 15) is 4.79 Å². The molecule has 0 atom stereocenters. The third-order valence-electron chi connectivity index (χ3n) is 3.46. The van der Waals surface area contributed by atoms with Crippen molar-refractivity contribution in [3.05, 3.63) is 0 Å². The molecule has 0 aliphatic carbocycles. The normalized spacial score (nSPS) is 28.5. The molecule has 2 nitrogen and oxygen atoms in total. The summed E-state index contributed by atoms with van der Waals surface area (Å²) < 4.78 is 0. The maximum absolute atomic E-state index is 11.5. The highest BCUT2D eigenvalue weighted by Crippen LogP contribution is 2.33. The Morgan fingerprint density at radius 3 is 2.23 bits per heavy atom. The number of hydrogen-bond acceptors (Lipinski definition) is 2. The van der Waals surface area contributed by atoms with Gasteiger partial charge in [-0.3, -0.25) is 9.69 Å². The van der Waals surface area contributed by atoms with Crippen molar-refractivity contribution in [1.82, 2.24) is 4.90 Å². The van der Waals surface area contributed by atoms with Gasteiger partial charge >= 0.3 is 0 Å². The van der Waals surface area contributed by atoms with Crippen LogP contribution in [0.15, 0.2) is 0 Å². The van der Waals surface area contributed by atoms with Gasteiger partial charge in [0.2, 0.25) is 0 Å². The fraction of sp³-hybridized carbons (Fsp3) is 0.909. The summed E-state index contributed by atoms with van der Waals surface area (Å²) in [6.45, 7) is 8.73. The second-order valence-corrected chi connectivity index (χ2v) is 5.40. The maximum Gasteiger partial charge on any atom is 0.134 e. The Hall–Kier alpha value is -0.370. The van der Waals surface area contributed by atoms with Crippen molar-refractivity contribution in [2.45, 2.75) is 58.0 Å². The van der Waals surface area contributed by atoms with E-state index in [0.717, 1.165) is 12.8 Å². The van der Waals surface area contributed by atoms with E-state index < -0.39 is 0 Å². The molecule has 76 valence electrons. The molecule has 0 spiro atoms. The van der Waals surface area contributed by atoms with Gasteiger partial charge < -0.3 is 0 Å². The molecule has 1 aliphatic rings. The first-order valence-electron chi connectivity index (χ1n) is 5.01. The van der Waals surface area contributed by atoms with Crippen molar-refractivity contribution < 1.29 is 4.79 Å². The summed E-state index contributed by atoms with van der Waals surface area (Å²) in [5, 5.41) is 0. The molecule has 0 saturated carbocycles. The molecule has 0 aromatic heterocycles. The van der Waals surface area contributed by atoms with Crippen LogP contribution in [0.3, 0.4) is 0 Å². The minimum atomic E-state index is 0.0110. The lowest BCUT2D eigenvalue weighted by Crippen LogP contribution is -2.51. The summed E-state index contributed by atoms with van der Waals surface area (Å²) in [5.41, 5.74) is 0.159. The van der Waals surface area contributed by atoms with E-state index in [1.807, 2.05) is 0 Å². The van der Waals surface area contributed by atoms with E-state index in [0.29, 0.717) is 12.2 Å². The van der Waals surface area contributed by atoms with Crippen molar-refractivity contribution >= 4 is 5.78 Å². The molecule has 0 aromatic carbocycles. The molecule has 0 radical (unpaired) electrons. The fourth-order valence-corrected chi connectivity index (χ4v) is 2.12. The van der Waals surface area contributed by atoms with Crippen LogP contribution in [-0.4, -0.2) is 28.8 Å². The van der Waals surface area contributed by atoms with E-state index >= 15 is 0 Å². The fourth-order valence-electron chi connectivity index (χ4n) is 2.12. The molecule has 1 heterocycles. The summed E-state index contributed by atoms with van der Waals surface area (Å²) in [6.07, 6.45) is 2.40.